The molecule has 0 aliphatic heterocycles. The van der Waals surface area contributed by atoms with E-state index in [1.54, 1.807) is 7.11 Å². The van der Waals surface area contributed by atoms with Crippen molar-refractivity contribution >= 4 is 22.5 Å². The summed E-state index contributed by atoms with van der Waals surface area (Å²) in [6.07, 6.45) is 1.94. The van der Waals surface area contributed by atoms with Crippen LogP contribution in [0.1, 0.15) is 5.56 Å². The van der Waals surface area contributed by atoms with Gasteiger partial charge in [-0.05, 0) is 30.3 Å². The predicted octanol–water partition coefficient (Wildman–Crippen LogP) is 4.41. The highest BCUT2D eigenvalue weighted by Crippen LogP contribution is 2.28. The van der Waals surface area contributed by atoms with E-state index in [0.717, 1.165) is 33.0 Å². The second-order valence-electron chi connectivity index (χ2n) is 4.44. The van der Waals surface area contributed by atoms with E-state index in [4.69, 9.17) is 21.1 Å². The maximum atomic E-state index is 6.04. The lowest BCUT2D eigenvalue weighted by Gasteiger charge is -2.09. The molecule has 0 aliphatic rings. The first-order valence-corrected chi connectivity index (χ1v) is 6.67. The summed E-state index contributed by atoms with van der Waals surface area (Å²) >= 11 is 6.04. The fourth-order valence-electron chi connectivity index (χ4n) is 2.16. The number of hydrogen-bond donors (Lipinski definition) is 1. The standard InChI is InChI=1S/C16H14ClNO2/c1-19-15-4-2-3-5-16(15)20-10-11-9-18-14-7-6-12(17)8-13(11)14/h2-9,18H,10H2,1H3. The number of methoxy groups -OCH3 is 1. The van der Waals surface area contributed by atoms with E-state index in [-0.39, 0.29) is 0 Å². The largest absolute Gasteiger partial charge is 0.493 e. The van der Waals surface area contributed by atoms with E-state index in [1.165, 1.54) is 0 Å². The lowest BCUT2D eigenvalue weighted by Crippen LogP contribution is -1.96. The van der Waals surface area contributed by atoms with Crippen molar-refractivity contribution in [1.29, 1.82) is 0 Å². The van der Waals surface area contributed by atoms with Crippen molar-refractivity contribution in [3.63, 3.8) is 0 Å². The van der Waals surface area contributed by atoms with Gasteiger partial charge in [-0.2, -0.15) is 0 Å². The second-order valence-corrected chi connectivity index (χ2v) is 4.88. The summed E-state index contributed by atoms with van der Waals surface area (Å²) in [5.74, 6) is 1.46. The normalized spacial score (nSPS) is 10.7. The van der Waals surface area contributed by atoms with Crippen LogP contribution in [-0.2, 0) is 6.61 Å². The Hall–Kier alpha value is -2.13. The first-order valence-electron chi connectivity index (χ1n) is 6.29. The number of fused-ring (bicyclic) bond motifs is 1. The van der Waals surface area contributed by atoms with Crippen molar-refractivity contribution in [3.05, 3.63) is 59.2 Å². The molecule has 0 fully saturated rings. The van der Waals surface area contributed by atoms with Crippen LogP contribution in [0, 0.1) is 0 Å². The second kappa shape index (κ2) is 5.47. The van der Waals surface area contributed by atoms with Gasteiger partial charge in [0.05, 0.1) is 7.11 Å². The Morgan fingerprint density at radius 3 is 2.70 bits per heavy atom. The Kier molecular flexibility index (Phi) is 3.52. The molecular formula is C16H14ClNO2. The van der Waals surface area contributed by atoms with Gasteiger partial charge < -0.3 is 14.5 Å². The molecule has 1 heterocycles. The van der Waals surface area contributed by atoms with Crippen LogP contribution in [0.5, 0.6) is 11.5 Å². The molecule has 1 aromatic heterocycles. The van der Waals surface area contributed by atoms with Gasteiger partial charge in [-0.1, -0.05) is 23.7 Å². The van der Waals surface area contributed by atoms with E-state index in [9.17, 15) is 0 Å². The fraction of sp³-hybridized carbons (Fsp3) is 0.125. The quantitative estimate of drug-likeness (QED) is 0.771. The smallest absolute Gasteiger partial charge is 0.161 e. The van der Waals surface area contributed by atoms with Crippen molar-refractivity contribution in [2.45, 2.75) is 6.61 Å². The Bertz CT molecular complexity index is 736. The van der Waals surface area contributed by atoms with Gasteiger partial charge >= 0.3 is 0 Å². The van der Waals surface area contributed by atoms with E-state index >= 15 is 0 Å². The summed E-state index contributed by atoms with van der Waals surface area (Å²) < 4.78 is 11.1. The first kappa shape index (κ1) is 12.9. The molecule has 0 amide bonds. The van der Waals surface area contributed by atoms with Gasteiger partial charge in [-0.15, -0.1) is 0 Å². The van der Waals surface area contributed by atoms with Gasteiger partial charge in [-0.3, -0.25) is 0 Å². The summed E-state index contributed by atoms with van der Waals surface area (Å²) in [5, 5.41) is 1.79. The molecule has 102 valence electrons. The van der Waals surface area contributed by atoms with Crippen LogP contribution in [0.3, 0.4) is 0 Å². The minimum absolute atomic E-state index is 0.459. The minimum atomic E-state index is 0.459. The van der Waals surface area contributed by atoms with Crippen LogP contribution >= 0.6 is 11.6 Å². The Balaban J connectivity index is 1.85. The molecule has 0 saturated heterocycles. The van der Waals surface area contributed by atoms with Crippen LogP contribution in [0.2, 0.25) is 5.02 Å². The summed E-state index contributed by atoms with van der Waals surface area (Å²) in [6.45, 7) is 0.459. The zero-order valence-electron chi connectivity index (χ0n) is 11.0. The molecule has 0 radical (unpaired) electrons. The Morgan fingerprint density at radius 1 is 1.10 bits per heavy atom. The Labute approximate surface area is 122 Å². The van der Waals surface area contributed by atoms with E-state index in [0.29, 0.717) is 6.61 Å². The molecule has 0 bridgehead atoms. The number of nitrogens with one attached hydrogen (secondary N) is 1. The maximum Gasteiger partial charge on any atom is 0.161 e. The average molecular weight is 288 g/mol. The Morgan fingerprint density at radius 2 is 1.90 bits per heavy atom. The first-order chi connectivity index (χ1) is 9.78. The molecule has 3 rings (SSSR count). The van der Waals surface area contributed by atoms with Crippen LogP contribution in [-0.4, -0.2) is 12.1 Å². The number of aromatic amines is 1. The number of halogens is 1. The molecule has 0 spiro atoms. The SMILES string of the molecule is COc1ccccc1OCc1c[nH]c2ccc(Cl)cc12. The summed E-state index contributed by atoms with van der Waals surface area (Å²) in [7, 11) is 1.63. The van der Waals surface area contributed by atoms with Crippen LogP contribution in [0.4, 0.5) is 0 Å². The van der Waals surface area contributed by atoms with Crippen molar-refractivity contribution in [2.24, 2.45) is 0 Å². The van der Waals surface area contributed by atoms with Crippen molar-refractivity contribution in [3.8, 4) is 11.5 Å². The van der Waals surface area contributed by atoms with Gasteiger partial charge in [0.1, 0.15) is 6.61 Å². The average Bonchev–Trinajstić information content (AvgIpc) is 2.87. The van der Waals surface area contributed by atoms with Crippen LogP contribution < -0.4 is 9.47 Å². The molecule has 2 aromatic carbocycles. The number of ether oxygens (including phenoxy) is 2. The third-order valence-electron chi connectivity index (χ3n) is 3.18. The lowest BCUT2D eigenvalue weighted by atomic mass is 10.2. The molecule has 0 atom stereocenters. The van der Waals surface area contributed by atoms with Crippen molar-refractivity contribution < 1.29 is 9.47 Å². The highest BCUT2D eigenvalue weighted by Gasteiger charge is 2.07. The van der Waals surface area contributed by atoms with Gasteiger partial charge in [0, 0.05) is 27.7 Å². The number of hydrogen-bond acceptors (Lipinski definition) is 2. The molecule has 4 heteroatoms. The summed E-state index contributed by atoms with van der Waals surface area (Å²) in [6, 6.07) is 13.4. The molecule has 0 saturated carbocycles. The molecular weight excluding hydrogens is 274 g/mol. The highest BCUT2D eigenvalue weighted by atomic mass is 35.5. The maximum absolute atomic E-state index is 6.04. The molecule has 0 aliphatic carbocycles. The zero-order valence-corrected chi connectivity index (χ0v) is 11.8. The monoisotopic (exact) mass is 287 g/mol. The molecule has 20 heavy (non-hydrogen) atoms. The number of benzene rings is 2. The van der Waals surface area contributed by atoms with Gasteiger partial charge in [0.15, 0.2) is 11.5 Å². The number of para-hydroxylation sites is 2. The van der Waals surface area contributed by atoms with Gasteiger partial charge in [-0.25, -0.2) is 0 Å². The summed E-state index contributed by atoms with van der Waals surface area (Å²) in [4.78, 5) is 3.21. The molecule has 1 N–H and O–H groups in total. The van der Waals surface area contributed by atoms with Gasteiger partial charge in [0.2, 0.25) is 0 Å². The number of H-pyrrole nitrogens is 1. The molecule has 3 aromatic rings. The molecule has 0 unspecified atom stereocenters. The third-order valence-corrected chi connectivity index (χ3v) is 3.42. The van der Waals surface area contributed by atoms with E-state index in [1.807, 2.05) is 48.7 Å². The minimum Gasteiger partial charge on any atom is -0.493 e. The number of aromatic nitrogens is 1. The van der Waals surface area contributed by atoms with Crippen LogP contribution in [0.15, 0.2) is 48.7 Å². The lowest BCUT2D eigenvalue weighted by molar-refractivity contribution is 0.285. The molecule has 3 nitrogen and oxygen atoms in total. The van der Waals surface area contributed by atoms with E-state index in [2.05, 4.69) is 4.98 Å². The van der Waals surface area contributed by atoms with E-state index < -0.39 is 0 Å². The van der Waals surface area contributed by atoms with Crippen molar-refractivity contribution in [2.75, 3.05) is 7.11 Å². The zero-order chi connectivity index (χ0) is 13.9. The predicted molar refractivity (Wildman–Crippen MR) is 80.6 cm³/mol. The third kappa shape index (κ3) is 2.45. The fourth-order valence-corrected chi connectivity index (χ4v) is 2.34. The van der Waals surface area contributed by atoms with Crippen molar-refractivity contribution in [1.82, 2.24) is 4.98 Å². The topological polar surface area (TPSA) is 34.2 Å². The van der Waals surface area contributed by atoms with Crippen LogP contribution in [0.25, 0.3) is 10.9 Å². The number of rotatable bonds is 4. The highest BCUT2D eigenvalue weighted by molar-refractivity contribution is 6.31. The van der Waals surface area contributed by atoms with Gasteiger partial charge in [0.25, 0.3) is 0 Å². The summed E-state index contributed by atoms with van der Waals surface area (Å²) in [5.41, 5.74) is 2.11.